The van der Waals surface area contributed by atoms with E-state index in [9.17, 15) is 4.79 Å². The minimum absolute atomic E-state index is 0.126. The number of aromatic nitrogens is 1. The van der Waals surface area contributed by atoms with E-state index in [4.69, 9.17) is 20.9 Å². The number of nitrogens with one attached hydrogen (secondary N) is 1. The fourth-order valence-corrected chi connectivity index (χ4v) is 1.72. The van der Waals surface area contributed by atoms with Gasteiger partial charge in [0.05, 0.1) is 19.9 Å². The van der Waals surface area contributed by atoms with Crippen LogP contribution in [-0.4, -0.2) is 25.1 Å². The zero-order chi connectivity index (χ0) is 15.4. The molecule has 0 spiro atoms. The van der Waals surface area contributed by atoms with Crippen molar-refractivity contribution in [3.8, 4) is 11.5 Å². The first-order chi connectivity index (χ1) is 10.0. The predicted octanol–water partition coefficient (Wildman–Crippen LogP) is 1.52. The quantitative estimate of drug-likeness (QED) is 0.769. The van der Waals surface area contributed by atoms with Crippen LogP contribution in [-0.2, 0) is 0 Å². The number of carbonyl (C=O) groups excluding carboxylic acids is 1. The second kappa shape index (κ2) is 6.00. The van der Waals surface area contributed by atoms with Crippen molar-refractivity contribution in [1.82, 2.24) is 4.98 Å². The highest BCUT2D eigenvalue weighted by Gasteiger charge is 2.09. The van der Waals surface area contributed by atoms with Crippen LogP contribution in [0.2, 0.25) is 0 Å². The lowest BCUT2D eigenvalue weighted by atomic mass is 10.2. The van der Waals surface area contributed by atoms with E-state index in [-0.39, 0.29) is 5.69 Å². The third-order valence-corrected chi connectivity index (χ3v) is 2.79. The van der Waals surface area contributed by atoms with Crippen molar-refractivity contribution in [2.75, 3.05) is 25.3 Å². The second-order valence-electron chi connectivity index (χ2n) is 4.22. The number of rotatable bonds is 5. The molecule has 1 aromatic carbocycles. The van der Waals surface area contributed by atoms with Gasteiger partial charge in [0.25, 0.3) is 5.91 Å². The first-order valence-corrected chi connectivity index (χ1v) is 6.10. The average molecular weight is 288 g/mol. The van der Waals surface area contributed by atoms with Crippen LogP contribution in [0.3, 0.4) is 0 Å². The van der Waals surface area contributed by atoms with Gasteiger partial charge in [0.1, 0.15) is 17.2 Å². The van der Waals surface area contributed by atoms with Gasteiger partial charge < -0.3 is 26.3 Å². The number of hydrogen-bond acceptors (Lipinski definition) is 6. The Morgan fingerprint density at radius 1 is 1.14 bits per heavy atom. The number of amides is 1. The molecule has 0 aliphatic rings. The van der Waals surface area contributed by atoms with Gasteiger partial charge in [-0.3, -0.25) is 4.79 Å². The Morgan fingerprint density at radius 2 is 1.76 bits per heavy atom. The molecule has 0 fully saturated rings. The largest absolute Gasteiger partial charge is 0.497 e. The van der Waals surface area contributed by atoms with Crippen LogP contribution < -0.4 is 26.3 Å². The molecular weight excluding hydrogens is 272 g/mol. The minimum atomic E-state index is -0.624. The summed E-state index contributed by atoms with van der Waals surface area (Å²) in [4.78, 5) is 15.3. The Bertz CT molecular complexity index is 651. The number of hydrogen-bond donors (Lipinski definition) is 3. The summed E-state index contributed by atoms with van der Waals surface area (Å²) < 4.78 is 10.4. The third kappa shape index (κ3) is 3.33. The first kappa shape index (κ1) is 14.4. The standard InChI is InChI=1S/C14H16N4O3/c1-20-9-5-8(6-10(7-9)21-2)17-14-11(15)3-4-12(18-14)13(16)19/h3-7H,15H2,1-2H3,(H2,16,19)(H,17,18). The van der Waals surface area contributed by atoms with Crippen molar-refractivity contribution in [2.24, 2.45) is 5.73 Å². The fraction of sp³-hybridized carbons (Fsp3) is 0.143. The molecule has 110 valence electrons. The Morgan fingerprint density at radius 3 is 2.29 bits per heavy atom. The molecule has 0 radical (unpaired) electrons. The highest BCUT2D eigenvalue weighted by Crippen LogP contribution is 2.29. The number of nitrogens with two attached hydrogens (primary N) is 2. The maximum Gasteiger partial charge on any atom is 0.267 e. The summed E-state index contributed by atoms with van der Waals surface area (Å²) in [6.07, 6.45) is 0. The number of nitrogens with zero attached hydrogens (tertiary/aromatic N) is 1. The van der Waals surface area contributed by atoms with Gasteiger partial charge in [-0.1, -0.05) is 0 Å². The number of ether oxygens (including phenoxy) is 2. The molecule has 0 aliphatic heterocycles. The SMILES string of the molecule is COc1cc(Nc2nc(C(N)=O)ccc2N)cc(OC)c1. The van der Waals surface area contributed by atoms with E-state index in [1.807, 2.05) is 0 Å². The third-order valence-electron chi connectivity index (χ3n) is 2.79. The molecule has 5 N–H and O–H groups in total. The molecule has 0 aliphatic carbocycles. The van der Waals surface area contributed by atoms with Crippen molar-refractivity contribution < 1.29 is 14.3 Å². The van der Waals surface area contributed by atoms with Crippen molar-refractivity contribution in [1.29, 1.82) is 0 Å². The van der Waals surface area contributed by atoms with E-state index in [1.54, 1.807) is 38.5 Å². The molecule has 7 nitrogen and oxygen atoms in total. The zero-order valence-electron chi connectivity index (χ0n) is 11.7. The monoisotopic (exact) mass is 288 g/mol. The molecule has 2 aromatic rings. The number of primary amides is 1. The van der Waals surface area contributed by atoms with Crippen molar-refractivity contribution >= 4 is 23.1 Å². The van der Waals surface area contributed by atoms with Crippen molar-refractivity contribution in [3.05, 3.63) is 36.0 Å². The summed E-state index contributed by atoms with van der Waals surface area (Å²) in [5, 5.41) is 3.01. The van der Waals surface area contributed by atoms with Crippen molar-refractivity contribution in [2.45, 2.75) is 0 Å². The van der Waals surface area contributed by atoms with Gasteiger partial charge in [0, 0.05) is 23.9 Å². The molecule has 1 aromatic heterocycles. The summed E-state index contributed by atoms with van der Waals surface area (Å²) in [5.41, 5.74) is 12.2. The van der Waals surface area contributed by atoms with Crippen LogP contribution in [0.15, 0.2) is 30.3 Å². The first-order valence-electron chi connectivity index (χ1n) is 6.10. The van der Waals surface area contributed by atoms with E-state index in [0.717, 1.165) is 0 Å². The lowest BCUT2D eigenvalue weighted by Crippen LogP contribution is -2.14. The maximum atomic E-state index is 11.2. The van der Waals surface area contributed by atoms with Crippen LogP contribution in [0.1, 0.15) is 10.5 Å². The number of carbonyl (C=O) groups is 1. The number of methoxy groups -OCH3 is 2. The minimum Gasteiger partial charge on any atom is -0.497 e. The van der Waals surface area contributed by atoms with Gasteiger partial charge >= 0.3 is 0 Å². The number of pyridine rings is 1. The number of benzene rings is 1. The highest BCUT2D eigenvalue weighted by molar-refractivity contribution is 5.92. The van der Waals surface area contributed by atoms with E-state index >= 15 is 0 Å². The second-order valence-corrected chi connectivity index (χ2v) is 4.22. The van der Waals surface area contributed by atoms with Crippen LogP contribution in [0.5, 0.6) is 11.5 Å². The molecule has 1 amide bonds. The highest BCUT2D eigenvalue weighted by atomic mass is 16.5. The van der Waals surface area contributed by atoms with Crippen LogP contribution in [0, 0.1) is 0 Å². The predicted molar refractivity (Wildman–Crippen MR) is 80.0 cm³/mol. The molecule has 0 bridgehead atoms. The van der Waals surface area contributed by atoms with E-state index < -0.39 is 5.91 Å². The van der Waals surface area contributed by atoms with Crippen LogP contribution in [0.4, 0.5) is 17.2 Å². The molecule has 0 saturated heterocycles. The van der Waals surface area contributed by atoms with Gasteiger partial charge in [-0.05, 0) is 12.1 Å². The summed E-state index contributed by atoms with van der Waals surface area (Å²) >= 11 is 0. The summed E-state index contributed by atoms with van der Waals surface area (Å²) in [6.45, 7) is 0. The molecule has 7 heteroatoms. The molecular formula is C14H16N4O3. The van der Waals surface area contributed by atoms with Gasteiger partial charge in [0.2, 0.25) is 0 Å². The van der Waals surface area contributed by atoms with Crippen LogP contribution in [0.25, 0.3) is 0 Å². The summed E-state index contributed by atoms with van der Waals surface area (Å²) in [6, 6.07) is 8.27. The maximum absolute atomic E-state index is 11.2. The summed E-state index contributed by atoms with van der Waals surface area (Å²) in [5.74, 6) is 0.936. The molecule has 0 unspecified atom stereocenters. The van der Waals surface area contributed by atoms with E-state index in [0.29, 0.717) is 28.7 Å². The zero-order valence-corrected chi connectivity index (χ0v) is 11.7. The smallest absolute Gasteiger partial charge is 0.267 e. The summed E-state index contributed by atoms with van der Waals surface area (Å²) in [7, 11) is 3.11. The molecule has 0 saturated carbocycles. The Balaban J connectivity index is 2.37. The normalized spacial score (nSPS) is 10.0. The molecule has 1 heterocycles. The number of anilines is 3. The lowest BCUT2D eigenvalue weighted by Gasteiger charge is -2.12. The average Bonchev–Trinajstić information content (AvgIpc) is 2.48. The lowest BCUT2D eigenvalue weighted by molar-refractivity contribution is 0.0996. The van der Waals surface area contributed by atoms with Gasteiger partial charge in [-0.15, -0.1) is 0 Å². The number of nitrogen functional groups attached to an aromatic ring is 1. The molecule has 2 rings (SSSR count). The Labute approximate surface area is 121 Å². The Kier molecular flexibility index (Phi) is 4.13. The van der Waals surface area contributed by atoms with Crippen LogP contribution >= 0.6 is 0 Å². The van der Waals surface area contributed by atoms with E-state index in [2.05, 4.69) is 10.3 Å². The molecule has 21 heavy (non-hydrogen) atoms. The van der Waals surface area contributed by atoms with E-state index in [1.165, 1.54) is 6.07 Å². The topological polar surface area (TPSA) is 112 Å². The van der Waals surface area contributed by atoms with Crippen molar-refractivity contribution in [3.63, 3.8) is 0 Å². The fourth-order valence-electron chi connectivity index (χ4n) is 1.72. The van der Waals surface area contributed by atoms with Gasteiger partial charge in [-0.2, -0.15) is 0 Å². The Hall–Kier alpha value is -2.96. The van der Waals surface area contributed by atoms with Gasteiger partial charge in [0.15, 0.2) is 5.82 Å². The molecule has 0 atom stereocenters. The van der Waals surface area contributed by atoms with Gasteiger partial charge in [-0.25, -0.2) is 4.98 Å².